The van der Waals surface area contributed by atoms with Crippen LogP contribution in [0.2, 0.25) is 0 Å². The Morgan fingerprint density at radius 1 is 1.26 bits per heavy atom. The van der Waals surface area contributed by atoms with E-state index in [9.17, 15) is 9.18 Å². The number of halogens is 1. The van der Waals surface area contributed by atoms with Crippen molar-refractivity contribution in [3.05, 3.63) is 53.5 Å². The second-order valence-electron chi connectivity index (χ2n) is 4.09. The van der Waals surface area contributed by atoms with Gasteiger partial charge in [0.05, 0.1) is 0 Å². The van der Waals surface area contributed by atoms with E-state index in [-0.39, 0.29) is 11.7 Å². The van der Waals surface area contributed by atoms with Crippen LogP contribution in [-0.2, 0) is 0 Å². The number of hydrogen-bond donors (Lipinski definition) is 2. The number of nitrogens with one attached hydrogen (secondary N) is 2. The molecule has 0 fully saturated rings. The smallest absolute Gasteiger partial charge is 0.255 e. The lowest BCUT2D eigenvalue weighted by atomic mass is 10.1. The van der Waals surface area contributed by atoms with E-state index in [0.717, 1.165) is 5.56 Å². The van der Waals surface area contributed by atoms with Crippen molar-refractivity contribution in [2.45, 2.75) is 6.92 Å². The highest BCUT2D eigenvalue weighted by Gasteiger charge is 2.09. The molecule has 2 aromatic rings. The molecule has 5 heteroatoms. The number of pyridine rings is 1. The van der Waals surface area contributed by atoms with Crippen LogP contribution in [0.4, 0.5) is 15.9 Å². The summed E-state index contributed by atoms with van der Waals surface area (Å²) in [5, 5.41) is 5.54. The van der Waals surface area contributed by atoms with Crippen LogP contribution in [-0.4, -0.2) is 17.9 Å². The maximum Gasteiger partial charge on any atom is 0.255 e. The van der Waals surface area contributed by atoms with E-state index in [2.05, 4.69) is 15.6 Å². The van der Waals surface area contributed by atoms with Crippen LogP contribution in [0.3, 0.4) is 0 Å². The largest absolute Gasteiger partial charge is 0.373 e. The second kappa shape index (κ2) is 5.48. The first-order valence-corrected chi connectivity index (χ1v) is 5.81. The van der Waals surface area contributed by atoms with Crippen molar-refractivity contribution in [1.29, 1.82) is 0 Å². The third kappa shape index (κ3) is 3.07. The summed E-state index contributed by atoms with van der Waals surface area (Å²) >= 11 is 0. The van der Waals surface area contributed by atoms with Crippen molar-refractivity contribution in [2.24, 2.45) is 0 Å². The molecule has 0 bridgehead atoms. The van der Waals surface area contributed by atoms with Crippen molar-refractivity contribution in [2.75, 3.05) is 17.7 Å². The summed E-state index contributed by atoms with van der Waals surface area (Å²) in [7, 11) is 1.72. The number of carbonyl (C=O) groups is 1. The minimum absolute atomic E-state index is 0.299. The van der Waals surface area contributed by atoms with Gasteiger partial charge in [-0.15, -0.1) is 0 Å². The fraction of sp³-hybridized carbons (Fsp3) is 0.143. The van der Waals surface area contributed by atoms with Crippen LogP contribution in [0, 0.1) is 12.7 Å². The van der Waals surface area contributed by atoms with Gasteiger partial charge in [0, 0.05) is 24.5 Å². The maximum absolute atomic E-state index is 13.1. The molecule has 1 aromatic heterocycles. The number of carbonyl (C=O) groups excluding carboxylic acids is 1. The Kier molecular flexibility index (Phi) is 3.75. The van der Waals surface area contributed by atoms with Gasteiger partial charge < -0.3 is 10.6 Å². The molecule has 1 amide bonds. The number of hydrogen-bond acceptors (Lipinski definition) is 3. The molecule has 2 N–H and O–H groups in total. The molecule has 0 aliphatic rings. The van der Waals surface area contributed by atoms with E-state index >= 15 is 0 Å². The number of aromatic nitrogens is 1. The Hall–Kier alpha value is -2.43. The summed E-state index contributed by atoms with van der Waals surface area (Å²) in [4.78, 5) is 16.1. The van der Waals surface area contributed by atoms with Gasteiger partial charge in [-0.25, -0.2) is 9.37 Å². The molecular weight excluding hydrogens is 245 g/mol. The summed E-state index contributed by atoms with van der Waals surface area (Å²) in [6, 6.07) is 7.51. The Morgan fingerprint density at radius 3 is 2.79 bits per heavy atom. The van der Waals surface area contributed by atoms with Crippen molar-refractivity contribution in [3.63, 3.8) is 0 Å². The third-order valence-electron chi connectivity index (χ3n) is 2.73. The highest BCUT2D eigenvalue weighted by molar-refractivity contribution is 6.05. The molecule has 4 nitrogen and oxygen atoms in total. The Morgan fingerprint density at radius 2 is 2.05 bits per heavy atom. The lowest BCUT2D eigenvalue weighted by Gasteiger charge is -2.09. The van der Waals surface area contributed by atoms with E-state index in [0.29, 0.717) is 17.1 Å². The van der Waals surface area contributed by atoms with Gasteiger partial charge in [-0.3, -0.25) is 4.79 Å². The van der Waals surface area contributed by atoms with Gasteiger partial charge in [-0.2, -0.15) is 0 Å². The van der Waals surface area contributed by atoms with E-state index in [4.69, 9.17) is 0 Å². The zero-order valence-electron chi connectivity index (χ0n) is 10.7. The maximum atomic E-state index is 13.1. The summed E-state index contributed by atoms with van der Waals surface area (Å²) in [6.45, 7) is 1.81. The first kappa shape index (κ1) is 13.0. The van der Waals surface area contributed by atoms with Gasteiger partial charge in [0.25, 0.3) is 5.91 Å². The van der Waals surface area contributed by atoms with Crippen LogP contribution >= 0.6 is 0 Å². The zero-order valence-corrected chi connectivity index (χ0v) is 10.7. The average Bonchev–Trinajstić information content (AvgIpc) is 2.43. The molecule has 0 unspecified atom stereocenters. The number of aryl methyl sites for hydroxylation is 1. The Bertz CT molecular complexity index is 613. The number of anilines is 2. The monoisotopic (exact) mass is 259 g/mol. The topological polar surface area (TPSA) is 54.0 Å². The summed E-state index contributed by atoms with van der Waals surface area (Å²) in [6.07, 6.45) is 1.54. The average molecular weight is 259 g/mol. The highest BCUT2D eigenvalue weighted by Crippen LogP contribution is 2.17. The van der Waals surface area contributed by atoms with Crippen LogP contribution < -0.4 is 10.6 Å². The van der Waals surface area contributed by atoms with Gasteiger partial charge in [0.1, 0.15) is 11.6 Å². The molecule has 0 saturated carbocycles. The SMILES string of the molecule is CNc1cc(C(=O)Nc2cc(F)ccc2C)ccn1. The number of nitrogens with zero attached hydrogens (tertiary/aromatic N) is 1. The quantitative estimate of drug-likeness (QED) is 0.891. The molecule has 0 atom stereocenters. The molecule has 19 heavy (non-hydrogen) atoms. The number of rotatable bonds is 3. The molecule has 1 heterocycles. The molecule has 0 spiro atoms. The van der Waals surface area contributed by atoms with E-state index in [1.165, 1.54) is 12.1 Å². The highest BCUT2D eigenvalue weighted by atomic mass is 19.1. The predicted octanol–water partition coefficient (Wildman–Crippen LogP) is 2.82. The zero-order chi connectivity index (χ0) is 13.8. The van der Waals surface area contributed by atoms with Crippen LogP contribution in [0.5, 0.6) is 0 Å². The van der Waals surface area contributed by atoms with Crippen molar-refractivity contribution in [1.82, 2.24) is 4.98 Å². The Labute approximate surface area is 110 Å². The lowest BCUT2D eigenvalue weighted by Crippen LogP contribution is -2.13. The van der Waals surface area contributed by atoms with Gasteiger partial charge in [0.2, 0.25) is 0 Å². The standard InChI is InChI=1S/C14H14FN3O/c1-9-3-4-11(15)8-12(9)18-14(19)10-5-6-17-13(7-10)16-2/h3-8H,1-2H3,(H,16,17)(H,18,19). The predicted molar refractivity (Wildman–Crippen MR) is 72.9 cm³/mol. The molecule has 2 rings (SSSR count). The summed E-state index contributed by atoms with van der Waals surface area (Å²) in [5.41, 5.74) is 1.73. The van der Waals surface area contributed by atoms with Crippen LogP contribution in [0.1, 0.15) is 15.9 Å². The lowest BCUT2D eigenvalue weighted by molar-refractivity contribution is 0.102. The molecule has 0 aliphatic heterocycles. The second-order valence-corrected chi connectivity index (χ2v) is 4.09. The summed E-state index contributed by atoms with van der Waals surface area (Å²) < 4.78 is 13.1. The minimum Gasteiger partial charge on any atom is -0.373 e. The van der Waals surface area contributed by atoms with E-state index < -0.39 is 0 Å². The normalized spacial score (nSPS) is 10.1. The van der Waals surface area contributed by atoms with Crippen LogP contribution in [0.25, 0.3) is 0 Å². The molecule has 1 aromatic carbocycles. The van der Waals surface area contributed by atoms with Gasteiger partial charge in [-0.05, 0) is 36.8 Å². The van der Waals surface area contributed by atoms with Crippen LogP contribution in [0.15, 0.2) is 36.5 Å². The van der Waals surface area contributed by atoms with Gasteiger partial charge in [0.15, 0.2) is 0 Å². The van der Waals surface area contributed by atoms with Crippen molar-refractivity contribution >= 4 is 17.4 Å². The van der Waals surface area contributed by atoms with E-state index in [1.807, 2.05) is 0 Å². The molecule has 0 aliphatic carbocycles. The molecule has 0 saturated heterocycles. The van der Waals surface area contributed by atoms with Gasteiger partial charge >= 0.3 is 0 Å². The van der Waals surface area contributed by atoms with Crippen molar-refractivity contribution < 1.29 is 9.18 Å². The fourth-order valence-corrected chi connectivity index (χ4v) is 1.63. The minimum atomic E-state index is -0.383. The fourth-order valence-electron chi connectivity index (χ4n) is 1.63. The van der Waals surface area contributed by atoms with E-state index in [1.54, 1.807) is 38.4 Å². The number of amides is 1. The van der Waals surface area contributed by atoms with Gasteiger partial charge in [-0.1, -0.05) is 6.07 Å². The molecule has 0 radical (unpaired) electrons. The molecular formula is C14H14FN3O. The first-order valence-electron chi connectivity index (χ1n) is 5.81. The number of benzene rings is 1. The third-order valence-corrected chi connectivity index (χ3v) is 2.73. The first-order chi connectivity index (χ1) is 9.10. The van der Waals surface area contributed by atoms with Crippen molar-refractivity contribution in [3.8, 4) is 0 Å². The Balaban J connectivity index is 2.22. The summed E-state index contributed by atoms with van der Waals surface area (Å²) in [5.74, 6) is -0.0808. The molecule has 98 valence electrons.